The molecule has 0 radical (unpaired) electrons. The molecule has 1 aromatic carbocycles. The first-order valence-corrected chi connectivity index (χ1v) is 6.51. The average molecular weight is 286 g/mol. The Labute approximate surface area is 120 Å². The van der Waals surface area contributed by atoms with Crippen LogP contribution in [0, 0.1) is 0 Å². The smallest absolute Gasteiger partial charge is 0.221 e. The van der Waals surface area contributed by atoms with E-state index in [-0.39, 0.29) is 12.3 Å². The largest absolute Gasteiger partial charge is 0.369 e. The number of H-pyrrole nitrogens is 1. The van der Waals surface area contributed by atoms with Crippen LogP contribution in [0.1, 0.15) is 5.56 Å². The summed E-state index contributed by atoms with van der Waals surface area (Å²) in [5.41, 5.74) is 8.85. The lowest BCUT2D eigenvalue weighted by Crippen LogP contribution is -2.13. The van der Waals surface area contributed by atoms with Gasteiger partial charge in [-0.05, 0) is 29.3 Å². The lowest BCUT2D eigenvalue weighted by atomic mass is 10.0. The number of hydrogen-bond acceptors (Lipinski definition) is 2. The lowest BCUT2D eigenvalue weighted by molar-refractivity contribution is -0.117. The Balaban J connectivity index is 2.09. The molecule has 5 heteroatoms. The van der Waals surface area contributed by atoms with Gasteiger partial charge in [-0.2, -0.15) is 0 Å². The second-order valence-electron chi connectivity index (χ2n) is 4.58. The van der Waals surface area contributed by atoms with Gasteiger partial charge in [0.25, 0.3) is 0 Å². The van der Waals surface area contributed by atoms with Crippen molar-refractivity contribution in [1.29, 1.82) is 0 Å². The van der Waals surface area contributed by atoms with Gasteiger partial charge in [-0.3, -0.25) is 4.79 Å². The predicted molar refractivity (Wildman–Crippen MR) is 79.4 cm³/mol. The van der Waals surface area contributed by atoms with Crippen LogP contribution in [0.4, 0.5) is 0 Å². The van der Waals surface area contributed by atoms with Gasteiger partial charge < -0.3 is 10.7 Å². The number of rotatable bonds is 3. The third-order valence-electron chi connectivity index (χ3n) is 3.16. The third kappa shape index (κ3) is 2.38. The molecule has 0 aliphatic rings. The topological polar surface area (TPSA) is 71.8 Å². The minimum atomic E-state index is -0.359. The molecular formula is C15H12ClN3O. The van der Waals surface area contributed by atoms with Crippen LogP contribution < -0.4 is 5.73 Å². The zero-order valence-corrected chi connectivity index (χ0v) is 11.3. The summed E-state index contributed by atoms with van der Waals surface area (Å²) in [6, 6.07) is 9.54. The van der Waals surface area contributed by atoms with Gasteiger partial charge in [-0.25, -0.2) is 4.98 Å². The van der Waals surface area contributed by atoms with E-state index < -0.39 is 0 Å². The monoisotopic (exact) mass is 285 g/mol. The van der Waals surface area contributed by atoms with Gasteiger partial charge in [-0.1, -0.05) is 23.7 Å². The molecule has 0 atom stereocenters. The summed E-state index contributed by atoms with van der Waals surface area (Å²) in [6.45, 7) is 0. The fraction of sp³-hybridized carbons (Fsp3) is 0.0667. The highest BCUT2D eigenvalue weighted by molar-refractivity contribution is 6.30. The fourth-order valence-electron chi connectivity index (χ4n) is 2.19. The number of benzene rings is 1. The molecule has 3 rings (SSSR count). The minimum Gasteiger partial charge on any atom is -0.369 e. The van der Waals surface area contributed by atoms with Gasteiger partial charge in [-0.15, -0.1) is 0 Å². The number of carbonyl (C=O) groups excluding carboxylic acids is 1. The van der Waals surface area contributed by atoms with Crippen molar-refractivity contribution in [2.75, 3.05) is 0 Å². The van der Waals surface area contributed by atoms with Crippen molar-refractivity contribution >= 4 is 28.5 Å². The molecule has 100 valence electrons. The standard InChI is InChI=1S/C15H12ClN3O/c16-12-3-1-9(2-4-12)10-5-13-11(6-14(17)20)8-19-15(13)18-7-10/h1-5,7-8H,6H2,(H2,17,20)(H,18,19). The Kier molecular flexibility index (Phi) is 3.16. The van der Waals surface area contributed by atoms with Gasteiger partial charge in [0, 0.05) is 28.4 Å². The summed E-state index contributed by atoms with van der Waals surface area (Å²) in [5.74, 6) is -0.359. The molecule has 3 aromatic rings. The van der Waals surface area contributed by atoms with Crippen molar-refractivity contribution in [1.82, 2.24) is 9.97 Å². The number of primary amides is 1. The van der Waals surface area contributed by atoms with Crippen LogP contribution in [0.2, 0.25) is 5.02 Å². The van der Waals surface area contributed by atoms with E-state index in [2.05, 4.69) is 9.97 Å². The van der Waals surface area contributed by atoms with Crippen LogP contribution in [0.15, 0.2) is 42.7 Å². The summed E-state index contributed by atoms with van der Waals surface area (Å²) >= 11 is 5.89. The zero-order valence-electron chi connectivity index (χ0n) is 10.6. The number of pyridine rings is 1. The molecule has 0 aliphatic heterocycles. The number of carbonyl (C=O) groups is 1. The third-order valence-corrected chi connectivity index (χ3v) is 3.41. The molecular weight excluding hydrogens is 274 g/mol. The van der Waals surface area contributed by atoms with Gasteiger partial charge in [0.2, 0.25) is 5.91 Å². The number of halogens is 1. The van der Waals surface area contributed by atoms with Crippen molar-refractivity contribution in [3.63, 3.8) is 0 Å². The second-order valence-corrected chi connectivity index (χ2v) is 5.02. The quantitative estimate of drug-likeness (QED) is 0.776. The molecule has 0 bridgehead atoms. The molecule has 20 heavy (non-hydrogen) atoms. The van der Waals surface area contributed by atoms with Crippen molar-refractivity contribution < 1.29 is 4.79 Å². The van der Waals surface area contributed by atoms with E-state index in [1.807, 2.05) is 30.3 Å². The summed E-state index contributed by atoms with van der Waals surface area (Å²) in [6.07, 6.45) is 3.76. The molecule has 0 saturated carbocycles. The molecule has 3 N–H and O–H groups in total. The Morgan fingerprint density at radius 2 is 2.00 bits per heavy atom. The normalized spacial score (nSPS) is 10.8. The fourth-order valence-corrected chi connectivity index (χ4v) is 2.32. The lowest BCUT2D eigenvalue weighted by Gasteiger charge is -2.02. The number of nitrogens with one attached hydrogen (secondary N) is 1. The van der Waals surface area contributed by atoms with Crippen LogP contribution in [0.25, 0.3) is 22.2 Å². The maximum atomic E-state index is 11.1. The van der Waals surface area contributed by atoms with Crippen LogP contribution >= 0.6 is 11.6 Å². The van der Waals surface area contributed by atoms with Crippen LogP contribution in [0.3, 0.4) is 0 Å². The Bertz CT molecular complexity index is 777. The van der Waals surface area contributed by atoms with Gasteiger partial charge >= 0.3 is 0 Å². The first-order valence-electron chi connectivity index (χ1n) is 6.14. The zero-order chi connectivity index (χ0) is 14.1. The summed E-state index contributed by atoms with van der Waals surface area (Å²) in [4.78, 5) is 18.5. The Morgan fingerprint density at radius 1 is 1.25 bits per heavy atom. The average Bonchev–Trinajstić information content (AvgIpc) is 2.81. The minimum absolute atomic E-state index is 0.200. The summed E-state index contributed by atoms with van der Waals surface area (Å²) in [7, 11) is 0. The van der Waals surface area contributed by atoms with Crippen LogP contribution in [-0.2, 0) is 11.2 Å². The van der Waals surface area contributed by atoms with Crippen molar-refractivity contribution in [3.05, 3.63) is 53.3 Å². The van der Waals surface area contributed by atoms with E-state index in [1.165, 1.54) is 0 Å². The van der Waals surface area contributed by atoms with Gasteiger partial charge in [0.1, 0.15) is 5.65 Å². The maximum Gasteiger partial charge on any atom is 0.221 e. The maximum absolute atomic E-state index is 11.1. The molecule has 0 fully saturated rings. The highest BCUT2D eigenvalue weighted by atomic mass is 35.5. The number of aromatic nitrogens is 2. The van der Waals surface area contributed by atoms with Crippen LogP contribution in [0.5, 0.6) is 0 Å². The molecule has 2 aromatic heterocycles. The first kappa shape index (κ1) is 12.7. The molecule has 0 spiro atoms. The van der Waals surface area contributed by atoms with E-state index in [4.69, 9.17) is 17.3 Å². The summed E-state index contributed by atoms with van der Waals surface area (Å²) < 4.78 is 0. The number of hydrogen-bond donors (Lipinski definition) is 2. The van der Waals surface area contributed by atoms with Gasteiger partial charge in [0.15, 0.2) is 0 Å². The van der Waals surface area contributed by atoms with Crippen LogP contribution in [-0.4, -0.2) is 15.9 Å². The number of nitrogens with two attached hydrogens (primary N) is 1. The number of nitrogens with zero attached hydrogens (tertiary/aromatic N) is 1. The SMILES string of the molecule is NC(=O)Cc1c[nH]c2ncc(-c3ccc(Cl)cc3)cc12. The number of amides is 1. The van der Waals surface area contributed by atoms with Crippen molar-refractivity contribution in [2.24, 2.45) is 5.73 Å². The van der Waals surface area contributed by atoms with E-state index in [1.54, 1.807) is 12.4 Å². The molecule has 0 unspecified atom stereocenters. The first-order chi connectivity index (χ1) is 9.63. The van der Waals surface area contributed by atoms with Crippen molar-refractivity contribution in [2.45, 2.75) is 6.42 Å². The molecule has 0 saturated heterocycles. The van der Waals surface area contributed by atoms with E-state index in [0.717, 1.165) is 27.7 Å². The summed E-state index contributed by atoms with van der Waals surface area (Å²) in [5, 5.41) is 1.61. The predicted octanol–water partition coefficient (Wildman–Crippen LogP) is 2.91. The van der Waals surface area contributed by atoms with E-state index in [9.17, 15) is 4.79 Å². The van der Waals surface area contributed by atoms with E-state index in [0.29, 0.717) is 5.02 Å². The Morgan fingerprint density at radius 3 is 2.70 bits per heavy atom. The highest BCUT2D eigenvalue weighted by Crippen LogP contribution is 2.25. The Hall–Kier alpha value is -2.33. The second kappa shape index (κ2) is 4.98. The number of fused-ring (bicyclic) bond motifs is 1. The highest BCUT2D eigenvalue weighted by Gasteiger charge is 2.09. The molecule has 0 aliphatic carbocycles. The number of aromatic amines is 1. The molecule has 4 nitrogen and oxygen atoms in total. The van der Waals surface area contributed by atoms with Crippen molar-refractivity contribution in [3.8, 4) is 11.1 Å². The van der Waals surface area contributed by atoms with Gasteiger partial charge in [0.05, 0.1) is 6.42 Å². The van der Waals surface area contributed by atoms with E-state index >= 15 is 0 Å². The molecule has 1 amide bonds. The molecule has 2 heterocycles.